The highest BCUT2D eigenvalue weighted by Crippen LogP contribution is 2.27. The zero-order valence-electron chi connectivity index (χ0n) is 10.4. The second-order valence-corrected chi connectivity index (χ2v) is 5.51. The normalized spacial score (nSPS) is 20.9. The Balaban J connectivity index is 1.82. The fourth-order valence-electron chi connectivity index (χ4n) is 2.36. The largest absolute Gasteiger partial charge is 0.251 e. The van der Waals surface area contributed by atoms with Crippen molar-refractivity contribution in [2.24, 2.45) is 5.41 Å². The Morgan fingerprint density at radius 3 is 2.69 bits per heavy atom. The Morgan fingerprint density at radius 1 is 1.25 bits per heavy atom. The third-order valence-electron chi connectivity index (χ3n) is 3.25. The molecule has 1 aromatic carbocycles. The fraction of sp³-hybridized carbons (Fsp3) is 0.571. The highest BCUT2D eigenvalue weighted by Gasteiger charge is 2.25. The van der Waals surface area contributed by atoms with Crippen LogP contribution in [0.5, 0.6) is 0 Å². The van der Waals surface area contributed by atoms with Gasteiger partial charge in [-0.25, -0.2) is 5.01 Å². The summed E-state index contributed by atoms with van der Waals surface area (Å²) in [5, 5.41) is 2.37. The van der Waals surface area contributed by atoms with E-state index >= 15 is 0 Å². The molecule has 1 fully saturated rings. The van der Waals surface area contributed by atoms with Crippen molar-refractivity contribution in [2.75, 3.05) is 13.1 Å². The van der Waals surface area contributed by atoms with Gasteiger partial charge >= 0.3 is 0 Å². The molecule has 2 rings (SSSR count). The van der Waals surface area contributed by atoms with E-state index in [2.05, 4.69) is 54.6 Å². The van der Waals surface area contributed by atoms with Gasteiger partial charge in [0.05, 0.1) is 0 Å². The SMILES string of the molecule is CC1(C)CCCN(NCc2ccccc2)C1. The first kappa shape index (κ1) is 11.6. The molecule has 88 valence electrons. The van der Waals surface area contributed by atoms with Crippen LogP contribution in [-0.2, 0) is 6.54 Å². The highest BCUT2D eigenvalue weighted by molar-refractivity contribution is 5.14. The second-order valence-electron chi connectivity index (χ2n) is 5.51. The number of hydrogen-bond acceptors (Lipinski definition) is 2. The Bertz CT molecular complexity index is 319. The van der Waals surface area contributed by atoms with E-state index in [-0.39, 0.29) is 0 Å². The van der Waals surface area contributed by atoms with Crippen LogP contribution in [0.4, 0.5) is 0 Å². The first-order chi connectivity index (χ1) is 7.66. The first-order valence-corrected chi connectivity index (χ1v) is 6.18. The van der Waals surface area contributed by atoms with E-state index < -0.39 is 0 Å². The van der Waals surface area contributed by atoms with E-state index in [1.165, 1.54) is 24.9 Å². The van der Waals surface area contributed by atoms with Gasteiger partial charge in [0, 0.05) is 19.6 Å². The topological polar surface area (TPSA) is 15.3 Å². The van der Waals surface area contributed by atoms with Gasteiger partial charge in [0.15, 0.2) is 0 Å². The van der Waals surface area contributed by atoms with Crippen LogP contribution in [0.2, 0.25) is 0 Å². The van der Waals surface area contributed by atoms with Crippen LogP contribution in [0.25, 0.3) is 0 Å². The third kappa shape index (κ3) is 3.32. The summed E-state index contributed by atoms with van der Waals surface area (Å²) in [7, 11) is 0. The lowest BCUT2D eigenvalue weighted by molar-refractivity contribution is 0.0689. The summed E-state index contributed by atoms with van der Waals surface area (Å²) >= 11 is 0. The Morgan fingerprint density at radius 2 is 2.00 bits per heavy atom. The maximum Gasteiger partial charge on any atom is 0.0353 e. The molecule has 0 spiro atoms. The number of piperidine rings is 1. The maximum absolute atomic E-state index is 3.53. The molecule has 0 bridgehead atoms. The van der Waals surface area contributed by atoms with Crippen LogP contribution in [-0.4, -0.2) is 18.1 Å². The summed E-state index contributed by atoms with van der Waals surface area (Å²) < 4.78 is 0. The summed E-state index contributed by atoms with van der Waals surface area (Å²) in [6, 6.07) is 10.6. The van der Waals surface area contributed by atoms with Gasteiger partial charge < -0.3 is 0 Å². The number of benzene rings is 1. The van der Waals surface area contributed by atoms with E-state index in [0.29, 0.717) is 5.41 Å². The van der Waals surface area contributed by atoms with Crippen molar-refractivity contribution in [1.29, 1.82) is 0 Å². The predicted octanol–water partition coefficient (Wildman–Crippen LogP) is 2.81. The lowest BCUT2D eigenvalue weighted by atomic mass is 9.85. The Labute approximate surface area is 98.6 Å². The van der Waals surface area contributed by atoms with Crippen molar-refractivity contribution in [3.8, 4) is 0 Å². The molecule has 0 unspecified atom stereocenters. The van der Waals surface area contributed by atoms with E-state index in [0.717, 1.165) is 13.1 Å². The first-order valence-electron chi connectivity index (χ1n) is 6.18. The van der Waals surface area contributed by atoms with Gasteiger partial charge in [-0.05, 0) is 23.8 Å². The van der Waals surface area contributed by atoms with Crippen molar-refractivity contribution >= 4 is 0 Å². The summed E-state index contributed by atoms with van der Waals surface area (Å²) in [5.74, 6) is 0. The molecule has 0 aromatic heterocycles. The fourth-order valence-corrected chi connectivity index (χ4v) is 2.36. The molecule has 1 aliphatic rings. The van der Waals surface area contributed by atoms with Gasteiger partial charge in [-0.1, -0.05) is 44.2 Å². The molecule has 1 aliphatic heterocycles. The molecule has 2 heteroatoms. The third-order valence-corrected chi connectivity index (χ3v) is 3.25. The molecule has 1 aromatic rings. The number of rotatable bonds is 3. The van der Waals surface area contributed by atoms with E-state index in [4.69, 9.17) is 0 Å². The van der Waals surface area contributed by atoms with Crippen molar-refractivity contribution < 1.29 is 0 Å². The second kappa shape index (κ2) is 4.98. The van der Waals surface area contributed by atoms with E-state index in [9.17, 15) is 0 Å². The number of hydrazine groups is 1. The average Bonchev–Trinajstić information content (AvgIpc) is 2.27. The standard InChI is InChI=1S/C14H22N2/c1-14(2)9-6-10-16(12-14)15-11-13-7-4-3-5-8-13/h3-5,7-8,15H,6,9-12H2,1-2H3. The summed E-state index contributed by atoms with van der Waals surface area (Å²) in [6.07, 6.45) is 2.64. The molecule has 0 aliphatic carbocycles. The van der Waals surface area contributed by atoms with Crippen molar-refractivity contribution in [3.63, 3.8) is 0 Å². The minimum atomic E-state index is 0.460. The van der Waals surface area contributed by atoms with Crippen LogP contribution in [0.1, 0.15) is 32.3 Å². The van der Waals surface area contributed by atoms with Gasteiger partial charge in [-0.3, -0.25) is 5.43 Å². The summed E-state index contributed by atoms with van der Waals surface area (Å²) in [5.41, 5.74) is 5.34. The van der Waals surface area contributed by atoms with Gasteiger partial charge in [0.2, 0.25) is 0 Å². The van der Waals surface area contributed by atoms with Crippen molar-refractivity contribution in [2.45, 2.75) is 33.2 Å². The Hall–Kier alpha value is -0.860. The molecule has 1 N–H and O–H groups in total. The molecule has 0 saturated carbocycles. The van der Waals surface area contributed by atoms with Crippen LogP contribution < -0.4 is 5.43 Å². The molecule has 1 saturated heterocycles. The molecule has 2 nitrogen and oxygen atoms in total. The molecule has 0 amide bonds. The monoisotopic (exact) mass is 218 g/mol. The number of nitrogens with zero attached hydrogens (tertiary/aromatic N) is 1. The van der Waals surface area contributed by atoms with Crippen LogP contribution in [0.15, 0.2) is 30.3 Å². The summed E-state index contributed by atoms with van der Waals surface area (Å²) in [4.78, 5) is 0. The van der Waals surface area contributed by atoms with Crippen LogP contribution >= 0.6 is 0 Å². The molecular formula is C14H22N2. The quantitative estimate of drug-likeness (QED) is 0.839. The zero-order chi connectivity index (χ0) is 11.4. The molecule has 0 atom stereocenters. The molecule has 0 radical (unpaired) electrons. The van der Waals surface area contributed by atoms with Crippen LogP contribution in [0.3, 0.4) is 0 Å². The molecule has 1 heterocycles. The zero-order valence-corrected chi connectivity index (χ0v) is 10.4. The smallest absolute Gasteiger partial charge is 0.0353 e. The van der Waals surface area contributed by atoms with Crippen molar-refractivity contribution in [1.82, 2.24) is 10.4 Å². The predicted molar refractivity (Wildman–Crippen MR) is 67.9 cm³/mol. The minimum absolute atomic E-state index is 0.460. The van der Waals surface area contributed by atoms with Crippen molar-refractivity contribution in [3.05, 3.63) is 35.9 Å². The summed E-state index contributed by atoms with van der Waals surface area (Å²) in [6.45, 7) is 7.97. The van der Waals surface area contributed by atoms with Gasteiger partial charge in [0.1, 0.15) is 0 Å². The molecule has 16 heavy (non-hydrogen) atoms. The lowest BCUT2D eigenvalue weighted by Crippen LogP contribution is -2.47. The number of nitrogens with one attached hydrogen (secondary N) is 1. The Kier molecular flexibility index (Phi) is 3.62. The minimum Gasteiger partial charge on any atom is -0.251 e. The number of hydrogen-bond donors (Lipinski definition) is 1. The van der Waals surface area contributed by atoms with Crippen LogP contribution in [0, 0.1) is 5.41 Å². The average molecular weight is 218 g/mol. The van der Waals surface area contributed by atoms with Gasteiger partial charge in [0.25, 0.3) is 0 Å². The highest BCUT2D eigenvalue weighted by atomic mass is 15.5. The van der Waals surface area contributed by atoms with E-state index in [1.807, 2.05) is 0 Å². The lowest BCUT2D eigenvalue weighted by Gasteiger charge is -2.38. The van der Waals surface area contributed by atoms with Gasteiger partial charge in [-0.15, -0.1) is 0 Å². The molecular weight excluding hydrogens is 196 g/mol. The maximum atomic E-state index is 3.53. The van der Waals surface area contributed by atoms with Gasteiger partial charge in [-0.2, -0.15) is 0 Å². The van der Waals surface area contributed by atoms with E-state index in [1.54, 1.807) is 0 Å².